The molecule has 2 aromatic rings. The molecule has 2 aromatic heterocycles. The average molecular weight is 487 g/mol. The number of hydrogen-bond donors (Lipinski definition) is 2. The first-order chi connectivity index (χ1) is 14.9. The number of fused-ring (bicyclic) bond motifs is 2. The maximum absolute atomic E-state index is 5.39. The zero-order chi connectivity index (χ0) is 20.2. The van der Waals surface area contributed by atoms with Crippen molar-refractivity contribution >= 4 is 24.8 Å². The Kier molecular flexibility index (Phi) is 9.82. The molecule has 0 aromatic carbocycles. The van der Waals surface area contributed by atoms with E-state index >= 15 is 0 Å². The van der Waals surface area contributed by atoms with Crippen LogP contribution >= 0.6 is 24.8 Å². The van der Waals surface area contributed by atoms with Crippen LogP contribution in [0.15, 0.2) is 12.4 Å². The highest BCUT2D eigenvalue weighted by Crippen LogP contribution is 2.25. The van der Waals surface area contributed by atoms with E-state index in [0.717, 1.165) is 91.1 Å². The zero-order valence-corrected chi connectivity index (χ0v) is 20.3. The number of ether oxygens (including phenoxy) is 2. The first kappa shape index (κ1) is 25.5. The largest absolute Gasteiger partial charge is 0.381 e. The van der Waals surface area contributed by atoms with E-state index in [1.807, 2.05) is 6.20 Å². The van der Waals surface area contributed by atoms with Gasteiger partial charge in [0.15, 0.2) is 0 Å². The molecule has 0 unspecified atom stereocenters. The molecule has 0 bridgehead atoms. The number of nitrogens with one attached hydrogen (secondary N) is 2. The third kappa shape index (κ3) is 5.85. The molecule has 6 heterocycles. The quantitative estimate of drug-likeness (QED) is 0.678. The minimum Gasteiger partial charge on any atom is -0.381 e. The Balaban J connectivity index is 0.000000170. The van der Waals surface area contributed by atoms with Gasteiger partial charge in [0.1, 0.15) is 0 Å². The Morgan fingerprint density at radius 1 is 0.812 bits per heavy atom. The highest BCUT2D eigenvalue weighted by molar-refractivity contribution is 5.85. The van der Waals surface area contributed by atoms with Crippen molar-refractivity contribution in [2.75, 3.05) is 39.5 Å². The highest BCUT2D eigenvalue weighted by atomic mass is 35.5. The molecule has 10 heteroatoms. The predicted molar refractivity (Wildman–Crippen MR) is 128 cm³/mol. The first-order valence-corrected chi connectivity index (χ1v) is 11.6. The molecule has 0 radical (unpaired) electrons. The number of aromatic nitrogens is 4. The lowest BCUT2D eigenvalue weighted by Crippen LogP contribution is -2.27. The van der Waals surface area contributed by atoms with Gasteiger partial charge in [0.2, 0.25) is 0 Å². The molecule has 0 spiro atoms. The van der Waals surface area contributed by atoms with Crippen LogP contribution in [0.5, 0.6) is 0 Å². The molecule has 8 nitrogen and oxygen atoms in total. The van der Waals surface area contributed by atoms with E-state index in [4.69, 9.17) is 14.6 Å². The van der Waals surface area contributed by atoms with E-state index in [1.54, 1.807) is 0 Å². The van der Waals surface area contributed by atoms with E-state index in [0.29, 0.717) is 12.1 Å². The number of halogens is 2. The van der Waals surface area contributed by atoms with Crippen LogP contribution in [0.3, 0.4) is 0 Å². The second kappa shape index (κ2) is 12.3. The molecule has 2 N–H and O–H groups in total. The van der Waals surface area contributed by atoms with Crippen molar-refractivity contribution in [2.45, 2.75) is 63.7 Å². The third-order valence-electron chi connectivity index (χ3n) is 6.69. The van der Waals surface area contributed by atoms with Crippen LogP contribution in [-0.2, 0) is 35.4 Å². The number of nitrogens with zero attached hydrogens (tertiary/aromatic N) is 4. The molecular weight excluding hydrogens is 451 g/mol. The molecule has 2 fully saturated rings. The highest BCUT2D eigenvalue weighted by Gasteiger charge is 2.22. The van der Waals surface area contributed by atoms with E-state index in [2.05, 4.69) is 31.3 Å². The van der Waals surface area contributed by atoms with Crippen LogP contribution in [-0.4, -0.2) is 59.1 Å². The van der Waals surface area contributed by atoms with Gasteiger partial charge in [0.05, 0.1) is 24.0 Å². The molecule has 4 aliphatic rings. The molecule has 4 aliphatic heterocycles. The first-order valence-electron chi connectivity index (χ1n) is 11.6. The van der Waals surface area contributed by atoms with Crippen LogP contribution in [0.1, 0.15) is 60.3 Å². The average Bonchev–Trinajstić information content (AvgIpc) is 3.45. The molecule has 0 amide bonds. The fraction of sp³-hybridized carbons (Fsp3) is 0.727. The Hall–Kier alpha value is -1.16. The van der Waals surface area contributed by atoms with Gasteiger partial charge >= 0.3 is 0 Å². The van der Waals surface area contributed by atoms with Gasteiger partial charge in [-0.05, 0) is 25.7 Å². The smallest absolute Gasteiger partial charge is 0.0682 e. The lowest BCUT2D eigenvalue weighted by Gasteiger charge is -2.25. The van der Waals surface area contributed by atoms with E-state index in [1.165, 1.54) is 22.5 Å². The molecule has 0 atom stereocenters. The Morgan fingerprint density at radius 2 is 1.44 bits per heavy atom. The number of rotatable bonds is 2. The van der Waals surface area contributed by atoms with E-state index < -0.39 is 0 Å². The summed E-state index contributed by atoms with van der Waals surface area (Å²) in [5.74, 6) is 0. The molecule has 6 rings (SSSR count). The van der Waals surface area contributed by atoms with Crippen LogP contribution in [0.2, 0.25) is 0 Å². The van der Waals surface area contributed by atoms with Gasteiger partial charge in [-0.2, -0.15) is 10.2 Å². The van der Waals surface area contributed by atoms with Gasteiger partial charge in [-0.1, -0.05) is 0 Å². The van der Waals surface area contributed by atoms with Gasteiger partial charge in [-0.25, -0.2) is 0 Å². The third-order valence-corrected chi connectivity index (χ3v) is 6.69. The Morgan fingerprint density at radius 3 is 2.12 bits per heavy atom. The summed E-state index contributed by atoms with van der Waals surface area (Å²) < 4.78 is 15.2. The van der Waals surface area contributed by atoms with Crippen LogP contribution in [0.25, 0.3) is 0 Å². The number of hydrogen-bond acceptors (Lipinski definition) is 6. The summed E-state index contributed by atoms with van der Waals surface area (Å²) in [6.07, 6.45) is 10.9. The summed E-state index contributed by atoms with van der Waals surface area (Å²) in [5.41, 5.74) is 5.50. The lowest BCUT2D eigenvalue weighted by molar-refractivity contribution is 0.0653. The topological polar surface area (TPSA) is 78.2 Å². The van der Waals surface area contributed by atoms with Crippen molar-refractivity contribution in [1.82, 2.24) is 30.2 Å². The van der Waals surface area contributed by atoms with Crippen molar-refractivity contribution in [1.29, 1.82) is 0 Å². The van der Waals surface area contributed by atoms with Gasteiger partial charge in [0.25, 0.3) is 0 Å². The molecule has 2 saturated heterocycles. The second-order valence-electron chi connectivity index (χ2n) is 8.68. The maximum Gasteiger partial charge on any atom is 0.0682 e. The Labute approximate surface area is 202 Å². The summed E-state index contributed by atoms with van der Waals surface area (Å²) in [6.45, 7) is 7.66. The molecular formula is C22H36Cl2N6O2. The Bertz CT molecular complexity index is 804. The zero-order valence-electron chi connectivity index (χ0n) is 18.6. The summed E-state index contributed by atoms with van der Waals surface area (Å²) in [7, 11) is 0. The second-order valence-corrected chi connectivity index (χ2v) is 8.68. The molecule has 0 saturated carbocycles. The van der Waals surface area contributed by atoms with Crippen LogP contribution in [0, 0.1) is 0 Å². The van der Waals surface area contributed by atoms with Crippen molar-refractivity contribution < 1.29 is 9.47 Å². The van der Waals surface area contributed by atoms with Crippen molar-refractivity contribution in [2.24, 2.45) is 0 Å². The van der Waals surface area contributed by atoms with E-state index in [9.17, 15) is 0 Å². The van der Waals surface area contributed by atoms with Gasteiger partial charge in [-0.3, -0.25) is 9.36 Å². The van der Waals surface area contributed by atoms with Crippen molar-refractivity contribution in [3.05, 3.63) is 34.9 Å². The molecule has 0 aliphatic carbocycles. The summed E-state index contributed by atoms with van der Waals surface area (Å²) in [4.78, 5) is 0. The van der Waals surface area contributed by atoms with Crippen LogP contribution in [0.4, 0.5) is 0 Å². The van der Waals surface area contributed by atoms with Crippen molar-refractivity contribution in [3.63, 3.8) is 0 Å². The fourth-order valence-corrected chi connectivity index (χ4v) is 4.91. The van der Waals surface area contributed by atoms with Crippen molar-refractivity contribution in [3.8, 4) is 0 Å². The monoisotopic (exact) mass is 486 g/mol. The van der Waals surface area contributed by atoms with Gasteiger partial charge < -0.3 is 20.1 Å². The van der Waals surface area contributed by atoms with Gasteiger partial charge in [-0.15, -0.1) is 24.8 Å². The lowest BCUT2D eigenvalue weighted by atomic mass is 10.1. The van der Waals surface area contributed by atoms with E-state index in [-0.39, 0.29) is 24.8 Å². The van der Waals surface area contributed by atoms with Gasteiger partial charge in [0, 0.05) is 88.5 Å². The predicted octanol–water partition coefficient (Wildman–Crippen LogP) is 2.60. The SMILES string of the molecule is Cl.Cl.c1c2c(nn1C1CCOCC1)CCNC2.c1nn(C2CCOCC2)c2c1CNCC2. The normalized spacial score (nSPS) is 21.2. The molecule has 32 heavy (non-hydrogen) atoms. The standard InChI is InChI=1S/2C11H17N3O.2ClH/c1-4-12-7-9-8-14(13-11(1)9)10-2-5-15-6-3-10;1-4-12-7-9-8-13-14(11(1)9)10-2-5-15-6-3-10;;/h2*8,10,12H,1-7H2;2*1H. The minimum absolute atomic E-state index is 0. The maximum atomic E-state index is 5.39. The summed E-state index contributed by atoms with van der Waals surface area (Å²) >= 11 is 0. The minimum atomic E-state index is 0. The molecule has 180 valence electrons. The summed E-state index contributed by atoms with van der Waals surface area (Å²) in [5, 5.41) is 16.0. The van der Waals surface area contributed by atoms with Crippen LogP contribution < -0.4 is 10.6 Å². The summed E-state index contributed by atoms with van der Waals surface area (Å²) in [6, 6.07) is 1.13. The fourth-order valence-electron chi connectivity index (χ4n) is 4.91.